The van der Waals surface area contributed by atoms with Crippen molar-refractivity contribution in [2.75, 3.05) is 40.3 Å². The fraction of sp³-hybridized carbons (Fsp3) is 0.273. The summed E-state index contributed by atoms with van der Waals surface area (Å²) < 4.78 is 7.19. The Morgan fingerprint density at radius 2 is 1.68 bits per heavy atom. The number of likely N-dealkylation sites (N-methyl/N-ethyl adjacent to an activating group) is 1. The van der Waals surface area contributed by atoms with Gasteiger partial charge in [-0.2, -0.15) is 10.2 Å². The topological polar surface area (TPSA) is 45.9 Å². The van der Waals surface area contributed by atoms with Crippen LogP contribution in [-0.4, -0.2) is 66.2 Å². The van der Waals surface area contributed by atoms with Crippen molar-refractivity contribution >= 4 is 6.21 Å². The Morgan fingerprint density at radius 3 is 2.36 bits per heavy atom. The summed E-state index contributed by atoms with van der Waals surface area (Å²) in [7, 11) is 3.82. The predicted molar refractivity (Wildman–Crippen MR) is 112 cm³/mol. The summed E-state index contributed by atoms with van der Waals surface area (Å²) in [5.74, 6) is 0.832. The van der Waals surface area contributed by atoms with Crippen molar-refractivity contribution in [2.45, 2.75) is 0 Å². The molecule has 0 saturated carbocycles. The first-order valence-corrected chi connectivity index (χ1v) is 9.50. The molecule has 1 fully saturated rings. The van der Waals surface area contributed by atoms with Gasteiger partial charge in [-0.25, -0.2) is 4.68 Å². The van der Waals surface area contributed by atoms with Crippen molar-refractivity contribution < 1.29 is 4.74 Å². The highest BCUT2D eigenvalue weighted by Crippen LogP contribution is 2.25. The van der Waals surface area contributed by atoms with Crippen LogP contribution in [0.2, 0.25) is 0 Å². The zero-order valence-corrected chi connectivity index (χ0v) is 16.3. The Hall–Kier alpha value is -3.12. The predicted octanol–water partition coefficient (Wildman–Crippen LogP) is 3.13. The van der Waals surface area contributed by atoms with Crippen LogP contribution in [0.5, 0.6) is 5.75 Å². The van der Waals surface area contributed by atoms with Gasteiger partial charge in [0.05, 0.1) is 19.0 Å². The van der Waals surface area contributed by atoms with E-state index in [1.165, 1.54) is 0 Å². The second-order valence-electron chi connectivity index (χ2n) is 6.94. The van der Waals surface area contributed by atoms with Gasteiger partial charge < -0.3 is 9.64 Å². The van der Waals surface area contributed by atoms with Gasteiger partial charge in [-0.1, -0.05) is 18.2 Å². The molecular formula is C22H25N5O. The molecule has 4 rings (SSSR count). The Kier molecular flexibility index (Phi) is 5.39. The SMILES string of the molecule is COc1ccc(-c2nn(-c3ccccc3)cc2/C=N/N2CCN(C)CC2)cc1. The molecule has 0 spiro atoms. The average molecular weight is 375 g/mol. The smallest absolute Gasteiger partial charge is 0.118 e. The Bertz CT molecular complexity index is 925. The van der Waals surface area contributed by atoms with Crippen molar-refractivity contribution in [3.63, 3.8) is 0 Å². The van der Waals surface area contributed by atoms with Crippen LogP contribution in [0.15, 0.2) is 65.9 Å². The molecule has 1 saturated heterocycles. The van der Waals surface area contributed by atoms with E-state index in [1.54, 1.807) is 7.11 Å². The fourth-order valence-electron chi connectivity index (χ4n) is 3.22. The lowest BCUT2D eigenvalue weighted by atomic mass is 10.1. The number of aromatic nitrogens is 2. The third kappa shape index (κ3) is 4.07. The Balaban J connectivity index is 1.67. The minimum absolute atomic E-state index is 0.832. The van der Waals surface area contributed by atoms with Crippen LogP contribution in [-0.2, 0) is 0 Å². The standard InChI is InChI=1S/C22H25N5O/c1-25-12-14-26(15-13-25)23-16-19-17-27(20-6-4-3-5-7-20)24-22(19)18-8-10-21(28-2)11-9-18/h3-11,16-17H,12-15H2,1-2H3/b23-16+. The summed E-state index contributed by atoms with van der Waals surface area (Å²) in [5.41, 5.74) is 3.96. The van der Waals surface area contributed by atoms with Gasteiger partial charge in [0.15, 0.2) is 0 Å². The quantitative estimate of drug-likeness (QED) is 0.643. The molecule has 0 radical (unpaired) electrons. The molecule has 1 aromatic heterocycles. The number of rotatable bonds is 5. The van der Waals surface area contributed by atoms with Crippen LogP contribution >= 0.6 is 0 Å². The lowest BCUT2D eigenvalue weighted by Gasteiger charge is -2.30. The maximum absolute atomic E-state index is 5.28. The Labute approximate surface area is 165 Å². The zero-order chi connectivity index (χ0) is 19.3. The van der Waals surface area contributed by atoms with Crippen LogP contribution in [0.3, 0.4) is 0 Å². The highest BCUT2D eigenvalue weighted by molar-refractivity contribution is 5.88. The first kappa shape index (κ1) is 18.3. The molecule has 6 nitrogen and oxygen atoms in total. The molecule has 1 aliphatic heterocycles. The van der Waals surface area contributed by atoms with Crippen molar-refractivity contribution in [2.24, 2.45) is 5.10 Å². The number of para-hydroxylation sites is 1. The average Bonchev–Trinajstić information content (AvgIpc) is 3.18. The molecule has 0 bridgehead atoms. The summed E-state index contributed by atoms with van der Waals surface area (Å²) in [6.07, 6.45) is 3.96. The van der Waals surface area contributed by atoms with Crippen LogP contribution in [0.1, 0.15) is 5.56 Å². The highest BCUT2D eigenvalue weighted by atomic mass is 16.5. The van der Waals surface area contributed by atoms with E-state index in [9.17, 15) is 0 Å². The maximum atomic E-state index is 5.28. The highest BCUT2D eigenvalue weighted by Gasteiger charge is 2.14. The number of hydrazone groups is 1. The minimum atomic E-state index is 0.832. The van der Waals surface area contributed by atoms with Gasteiger partial charge in [0.2, 0.25) is 0 Å². The maximum Gasteiger partial charge on any atom is 0.118 e. The first-order chi connectivity index (χ1) is 13.7. The van der Waals surface area contributed by atoms with Gasteiger partial charge in [0, 0.05) is 43.5 Å². The van der Waals surface area contributed by atoms with Gasteiger partial charge in [-0.05, 0) is 43.4 Å². The normalized spacial score (nSPS) is 15.3. The summed E-state index contributed by atoms with van der Waals surface area (Å²) in [5, 5.41) is 11.7. The molecule has 28 heavy (non-hydrogen) atoms. The van der Waals surface area contributed by atoms with E-state index in [2.05, 4.69) is 17.0 Å². The molecule has 0 unspecified atom stereocenters. The van der Waals surface area contributed by atoms with Crippen molar-refractivity contribution in [3.05, 3.63) is 66.4 Å². The third-order valence-corrected chi connectivity index (χ3v) is 4.97. The van der Waals surface area contributed by atoms with Gasteiger partial charge in [-0.15, -0.1) is 0 Å². The number of hydrogen-bond donors (Lipinski definition) is 0. The molecule has 0 atom stereocenters. The van der Waals surface area contributed by atoms with E-state index >= 15 is 0 Å². The second-order valence-corrected chi connectivity index (χ2v) is 6.94. The molecule has 0 aliphatic carbocycles. The number of nitrogens with zero attached hydrogens (tertiary/aromatic N) is 5. The summed E-state index contributed by atoms with van der Waals surface area (Å²) in [6.45, 7) is 3.95. The van der Waals surface area contributed by atoms with Gasteiger partial charge >= 0.3 is 0 Å². The minimum Gasteiger partial charge on any atom is -0.497 e. The van der Waals surface area contributed by atoms with Gasteiger partial charge in [0.25, 0.3) is 0 Å². The van der Waals surface area contributed by atoms with E-state index in [-0.39, 0.29) is 0 Å². The van der Waals surface area contributed by atoms with Crippen molar-refractivity contribution in [1.29, 1.82) is 0 Å². The molecule has 0 N–H and O–H groups in total. The van der Waals surface area contributed by atoms with E-state index < -0.39 is 0 Å². The number of piperazine rings is 1. The lowest BCUT2D eigenvalue weighted by Crippen LogP contribution is -2.41. The van der Waals surface area contributed by atoms with Crippen molar-refractivity contribution in [1.82, 2.24) is 19.7 Å². The van der Waals surface area contributed by atoms with Gasteiger partial charge in [0.1, 0.15) is 11.4 Å². The fourth-order valence-corrected chi connectivity index (χ4v) is 3.22. The number of methoxy groups -OCH3 is 1. The third-order valence-electron chi connectivity index (χ3n) is 4.97. The molecule has 1 aliphatic rings. The van der Waals surface area contributed by atoms with Gasteiger partial charge in [-0.3, -0.25) is 5.01 Å². The van der Waals surface area contributed by atoms with E-state index in [0.29, 0.717) is 0 Å². The molecule has 6 heteroatoms. The van der Waals surface area contributed by atoms with E-state index in [4.69, 9.17) is 14.9 Å². The second kappa shape index (κ2) is 8.27. The molecule has 3 aromatic rings. The zero-order valence-electron chi connectivity index (χ0n) is 16.3. The van der Waals surface area contributed by atoms with Crippen LogP contribution in [0, 0.1) is 0 Å². The monoisotopic (exact) mass is 375 g/mol. The largest absolute Gasteiger partial charge is 0.497 e. The van der Waals surface area contributed by atoms with E-state index in [1.807, 2.05) is 71.7 Å². The lowest BCUT2D eigenvalue weighted by molar-refractivity contribution is 0.159. The number of benzene rings is 2. The number of hydrogen-bond acceptors (Lipinski definition) is 5. The van der Waals surface area contributed by atoms with E-state index in [0.717, 1.165) is 54.4 Å². The number of ether oxygens (including phenoxy) is 1. The van der Waals surface area contributed by atoms with Crippen LogP contribution in [0.4, 0.5) is 0 Å². The summed E-state index contributed by atoms with van der Waals surface area (Å²) in [4.78, 5) is 2.32. The summed E-state index contributed by atoms with van der Waals surface area (Å²) >= 11 is 0. The summed E-state index contributed by atoms with van der Waals surface area (Å²) in [6, 6.07) is 18.1. The molecule has 2 aromatic carbocycles. The van der Waals surface area contributed by atoms with Crippen molar-refractivity contribution in [3.8, 4) is 22.7 Å². The molecule has 2 heterocycles. The molecular weight excluding hydrogens is 350 g/mol. The first-order valence-electron chi connectivity index (χ1n) is 9.50. The Morgan fingerprint density at radius 1 is 0.964 bits per heavy atom. The van der Waals surface area contributed by atoms with Crippen LogP contribution in [0.25, 0.3) is 16.9 Å². The molecule has 0 amide bonds. The molecule has 144 valence electrons. The van der Waals surface area contributed by atoms with Crippen LogP contribution < -0.4 is 4.74 Å².